The lowest BCUT2D eigenvalue weighted by atomic mass is 9.98. The molecule has 0 aliphatic carbocycles. The number of benzene rings is 2. The third kappa shape index (κ3) is 4.41. The Bertz CT molecular complexity index is 1160. The molecule has 0 amide bonds. The third-order valence-corrected chi connectivity index (χ3v) is 6.66. The number of nitrogens with zero attached hydrogens (tertiary/aromatic N) is 4. The zero-order chi connectivity index (χ0) is 22.7. The molecule has 4 rings (SSSR count). The second-order valence-corrected chi connectivity index (χ2v) is 9.15. The molecule has 0 atom stereocenters. The highest BCUT2D eigenvalue weighted by molar-refractivity contribution is 7.99. The quantitative estimate of drug-likeness (QED) is 0.251. The minimum Gasteiger partial charge on any atom is -0.337 e. The number of hydrogen-bond donors (Lipinski definition) is 0. The fourth-order valence-electron chi connectivity index (χ4n) is 4.12. The van der Waals surface area contributed by atoms with Crippen molar-refractivity contribution in [3.8, 4) is 0 Å². The maximum absolute atomic E-state index is 13.2. The van der Waals surface area contributed by atoms with Crippen LogP contribution in [0.15, 0.2) is 78.2 Å². The van der Waals surface area contributed by atoms with E-state index in [1.165, 1.54) is 22.9 Å². The van der Waals surface area contributed by atoms with Crippen molar-refractivity contribution >= 4 is 17.5 Å². The first-order valence-electron chi connectivity index (χ1n) is 10.8. The molecule has 5 nitrogen and oxygen atoms in total. The van der Waals surface area contributed by atoms with Crippen molar-refractivity contribution in [2.24, 2.45) is 0 Å². The highest BCUT2D eigenvalue weighted by Gasteiger charge is 2.24. The molecule has 4 aromatic rings. The van der Waals surface area contributed by atoms with E-state index in [4.69, 9.17) is 0 Å². The molecule has 0 aliphatic rings. The summed E-state index contributed by atoms with van der Waals surface area (Å²) in [4.78, 5) is 13.2. The predicted molar refractivity (Wildman–Crippen MR) is 129 cm³/mol. The van der Waals surface area contributed by atoms with E-state index in [-0.39, 0.29) is 17.9 Å². The number of carbonyl (C=O) groups excluding carboxylic acids is 1. The van der Waals surface area contributed by atoms with Gasteiger partial charge in [-0.3, -0.25) is 4.79 Å². The van der Waals surface area contributed by atoms with Gasteiger partial charge in [0.25, 0.3) is 0 Å². The van der Waals surface area contributed by atoms with E-state index < -0.39 is 0 Å². The topological polar surface area (TPSA) is 52.7 Å². The molecule has 0 aliphatic heterocycles. The van der Waals surface area contributed by atoms with Crippen LogP contribution in [0.25, 0.3) is 0 Å². The lowest BCUT2D eigenvalue weighted by molar-refractivity contribution is 0.102. The summed E-state index contributed by atoms with van der Waals surface area (Å²) in [5.74, 6) is 0.435. The van der Waals surface area contributed by atoms with Crippen LogP contribution in [0, 0.1) is 13.8 Å². The monoisotopic (exact) mass is 444 g/mol. The van der Waals surface area contributed by atoms with Gasteiger partial charge in [0.15, 0.2) is 10.9 Å². The van der Waals surface area contributed by atoms with Gasteiger partial charge in [0.1, 0.15) is 6.33 Å². The van der Waals surface area contributed by atoms with Crippen LogP contribution >= 0.6 is 11.8 Å². The van der Waals surface area contributed by atoms with Crippen molar-refractivity contribution in [1.82, 2.24) is 19.3 Å². The number of rotatable bonds is 8. The first-order chi connectivity index (χ1) is 15.5. The van der Waals surface area contributed by atoms with Crippen LogP contribution in [0.5, 0.6) is 0 Å². The van der Waals surface area contributed by atoms with Gasteiger partial charge in [0.2, 0.25) is 0 Å². The van der Waals surface area contributed by atoms with Crippen molar-refractivity contribution < 1.29 is 4.79 Å². The zero-order valence-electron chi connectivity index (χ0n) is 18.9. The summed E-state index contributed by atoms with van der Waals surface area (Å²) in [5, 5.41) is 8.94. The maximum atomic E-state index is 13.2. The van der Waals surface area contributed by atoms with Crippen molar-refractivity contribution in [2.45, 2.75) is 44.9 Å². The van der Waals surface area contributed by atoms with E-state index in [9.17, 15) is 4.79 Å². The van der Waals surface area contributed by atoms with E-state index in [1.54, 1.807) is 6.33 Å². The van der Waals surface area contributed by atoms with E-state index in [0.29, 0.717) is 5.75 Å². The summed E-state index contributed by atoms with van der Waals surface area (Å²) < 4.78 is 4.27. The van der Waals surface area contributed by atoms with E-state index in [0.717, 1.165) is 22.1 Å². The van der Waals surface area contributed by atoms with Gasteiger partial charge in [-0.1, -0.05) is 72.4 Å². The minimum atomic E-state index is 0.00985. The van der Waals surface area contributed by atoms with Gasteiger partial charge in [-0.05, 0) is 44.9 Å². The molecule has 0 bridgehead atoms. The minimum absolute atomic E-state index is 0.00985. The Morgan fingerprint density at radius 1 is 0.969 bits per heavy atom. The van der Waals surface area contributed by atoms with Gasteiger partial charge in [0.05, 0.1) is 11.8 Å². The van der Waals surface area contributed by atoms with Gasteiger partial charge in [-0.15, -0.1) is 10.2 Å². The Labute approximate surface area is 193 Å². The summed E-state index contributed by atoms with van der Waals surface area (Å²) >= 11 is 1.44. The zero-order valence-corrected chi connectivity index (χ0v) is 19.7. The number of ketones is 1. The summed E-state index contributed by atoms with van der Waals surface area (Å²) in [6.45, 7) is 8.28. The standard InChI is InChI=1S/C26H28N4OS/c1-18(2)29-17-27-28-26(29)32-16-24(31)23-15-19(3)30(20(23)4)25(21-11-7-5-8-12-21)22-13-9-6-10-14-22/h5-15,17-18,25H,16H2,1-4H3. The number of carbonyl (C=O) groups is 1. The first-order valence-corrected chi connectivity index (χ1v) is 11.8. The molecule has 0 spiro atoms. The summed E-state index contributed by atoms with van der Waals surface area (Å²) in [7, 11) is 0. The predicted octanol–water partition coefficient (Wildman–Crippen LogP) is 5.89. The normalized spacial score (nSPS) is 11.4. The highest BCUT2D eigenvalue weighted by Crippen LogP contribution is 2.32. The number of hydrogen-bond acceptors (Lipinski definition) is 4. The third-order valence-electron chi connectivity index (χ3n) is 5.70. The SMILES string of the molecule is Cc1cc(C(=O)CSc2nncn2C(C)C)c(C)n1C(c1ccccc1)c1ccccc1. The molecule has 2 aromatic heterocycles. The number of aromatic nitrogens is 4. The molecule has 0 saturated carbocycles. The number of aryl methyl sites for hydroxylation is 1. The van der Waals surface area contributed by atoms with Crippen molar-refractivity contribution in [2.75, 3.05) is 5.75 Å². The lowest BCUT2D eigenvalue weighted by Gasteiger charge is -2.24. The molecule has 2 aromatic carbocycles. The molecular weight excluding hydrogens is 416 g/mol. The van der Waals surface area contributed by atoms with Crippen LogP contribution in [-0.4, -0.2) is 30.9 Å². The molecule has 164 valence electrons. The largest absolute Gasteiger partial charge is 0.337 e. The second-order valence-electron chi connectivity index (χ2n) is 8.21. The molecule has 0 unspecified atom stereocenters. The van der Waals surface area contributed by atoms with Crippen LogP contribution in [0.3, 0.4) is 0 Å². The van der Waals surface area contributed by atoms with Crippen molar-refractivity contribution in [3.63, 3.8) is 0 Å². The molecule has 6 heteroatoms. The van der Waals surface area contributed by atoms with Gasteiger partial charge >= 0.3 is 0 Å². The highest BCUT2D eigenvalue weighted by atomic mass is 32.2. The van der Waals surface area contributed by atoms with Crippen LogP contribution in [-0.2, 0) is 0 Å². The molecule has 0 radical (unpaired) electrons. The van der Waals surface area contributed by atoms with Crippen LogP contribution in [0.4, 0.5) is 0 Å². The Balaban J connectivity index is 1.66. The smallest absolute Gasteiger partial charge is 0.191 e. The van der Waals surface area contributed by atoms with Gasteiger partial charge < -0.3 is 9.13 Å². The lowest BCUT2D eigenvalue weighted by Crippen LogP contribution is -2.16. The van der Waals surface area contributed by atoms with Crippen LogP contribution in [0.2, 0.25) is 0 Å². The summed E-state index contributed by atoms with van der Waals surface area (Å²) in [6.07, 6.45) is 1.72. The van der Waals surface area contributed by atoms with E-state index in [2.05, 4.69) is 84.1 Å². The molecular formula is C26H28N4OS. The van der Waals surface area contributed by atoms with Gasteiger partial charge in [-0.2, -0.15) is 0 Å². The summed E-state index contributed by atoms with van der Waals surface area (Å²) in [5.41, 5.74) is 5.20. The molecule has 0 saturated heterocycles. The van der Waals surface area contributed by atoms with Crippen LogP contribution < -0.4 is 0 Å². The fourth-order valence-corrected chi connectivity index (χ4v) is 5.04. The first kappa shape index (κ1) is 22.1. The van der Waals surface area contributed by atoms with Crippen molar-refractivity contribution in [1.29, 1.82) is 0 Å². The molecule has 0 N–H and O–H groups in total. The number of Topliss-reactive ketones (excluding diaryl/α,β-unsaturated/α-hetero) is 1. The van der Waals surface area contributed by atoms with E-state index in [1.807, 2.05) is 29.7 Å². The van der Waals surface area contributed by atoms with Gasteiger partial charge in [0, 0.05) is 23.0 Å². The van der Waals surface area contributed by atoms with Gasteiger partial charge in [-0.25, -0.2) is 0 Å². The van der Waals surface area contributed by atoms with Crippen LogP contribution in [0.1, 0.15) is 58.8 Å². The molecule has 32 heavy (non-hydrogen) atoms. The number of thioether (sulfide) groups is 1. The fraction of sp³-hybridized carbons (Fsp3) is 0.269. The average molecular weight is 445 g/mol. The summed E-state index contributed by atoms with van der Waals surface area (Å²) in [6, 6.07) is 23.2. The molecule has 0 fully saturated rings. The Morgan fingerprint density at radius 2 is 1.56 bits per heavy atom. The average Bonchev–Trinajstić information content (AvgIpc) is 3.39. The Hall–Kier alpha value is -3.12. The second kappa shape index (κ2) is 9.57. The van der Waals surface area contributed by atoms with E-state index >= 15 is 0 Å². The maximum Gasteiger partial charge on any atom is 0.191 e. The van der Waals surface area contributed by atoms with Crippen molar-refractivity contribution in [3.05, 3.63) is 101 Å². The molecule has 2 heterocycles. The Kier molecular flexibility index (Phi) is 6.61. The Morgan fingerprint density at radius 3 is 2.12 bits per heavy atom.